The van der Waals surface area contributed by atoms with Gasteiger partial charge in [0.1, 0.15) is 5.82 Å². The van der Waals surface area contributed by atoms with Crippen molar-refractivity contribution in [3.8, 4) is 0 Å². The molecule has 26 heavy (non-hydrogen) atoms. The lowest BCUT2D eigenvalue weighted by molar-refractivity contribution is -0.128. The average molecular weight is 354 g/mol. The van der Waals surface area contributed by atoms with E-state index < -0.39 is 0 Å². The molecule has 5 heteroatoms. The first-order valence-corrected chi connectivity index (χ1v) is 8.80. The molecule has 1 saturated heterocycles. The lowest BCUT2D eigenvalue weighted by atomic mass is 10.1. The number of nitrogens with one attached hydrogen (secondary N) is 1. The Bertz CT molecular complexity index is 817. The number of nitrogens with zero attached hydrogens (tertiary/aromatic N) is 1. The molecule has 1 aliphatic heterocycles. The van der Waals surface area contributed by atoms with E-state index in [9.17, 15) is 14.0 Å². The number of likely N-dealkylation sites (tertiary alicyclic amines) is 1. The molecule has 0 unspecified atom stereocenters. The average Bonchev–Trinajstić information content (AvgIpc) is 2.97. The Kier molecular flexibility index (Phi) is 5.35. The molecule has 2 amide bonds. The number of hydrogen-bond donors (Lipinski definition) is 1. The zero-order chi connectivity index (χ0) is 18.7. The highest BCUT2D eigenvalue weighted by Gasteiger charge is 2.29. The van der Waals surface area contributed by atoms with E-state index in [1.165, 1.54) is 12.1 Å². The van der Waals surface area contributed by atoms with Gasteiger partial charge in [0.15, 0.2) is 0 Å². The molecular weight excluding hydrogens is 331 g/mol. The van der Waals surface area contributed by atoms with Crippen LogP contribution >= 0.6 is 0 Å². The van der Waals surface area contributed by atoms with Crippen molar-refractivity contribution in [2.24, 2.45) is 5.92 Å². The van der Waals surface area contributed by atoms with Crippen molar-refractivity contribution in [1.29, 1.82) is 0 Å². The highest BCUT2D eigenvalue weighted by atomic mass is 19.1. The predicted octanol–water partition coefficient (Wildman–Crippen LogP) is 3.22. The minimum atomic E-state index is -0.284. The Morgan fingerprint density at radius 3 is 2.58 bits per heavy atom. The van der Waals surface area contributed by atoms with E-state index in [4.69, 9.17) is 0 Å². The molecule has 1 atom stereocenters. The molecule has 1 N–H and O–H groups in total. The van der Waals surface area contributed by atoms with Crippen molar-refractivity contribution < 1.29 is 14.0 Å². The van der Waals surface area contributed by atoms with Crippen LogP contribution in [-0.4, -0.2) is 29.8 Å². The van der Waals surface area contributed by atoms with Crippen LogP contribution in [0.4, 0.5) is 4.39 Å². The number of amides is 2. The second-order valence-electron chi connectivity index (χ2n) is 6.98. The number of aryl methyl sites for hydroxylation is 2. The van der Waals surface area contributed by atoms with E-state index in [1.807, 2.05) is 32.0 Å². The molecule has 2 aromatic carbocycles. The highest BCUT2D eigenvalue weighted by Crippen LogP contribution is 2.20. The monoisotopic (exact) mass is 354 g/mol. The number of hydrogen-bond acceptors (Lipinski definition) is 2. The van der Waals surface area contributed by atoms with E-state index in [-0.39, 0.29) is 23.5 Å². The van der Waals surface area contributed by atoms with Crippen molar-refractivity contribution in [3.05, 3.63) is 70.5 Å². The zero-order valence-corrected chi connectivity index (χ0v) is 15.1. The summed E-state index contributed by atoms with van der Waals surface area (Å²) in [7, 11) is 0. The van der Waals surface area contributed by atoms with Gasteiger partial charge in [0, 0.05) is 37.5 Å². The molecule has 0 aromatic heterocycles. The summed E-state index contributed by atoms with van der Waals surface area (Å²) in [6.45, 7) is 5.54. The largest absolute Gasteiger partial charge is 0.352 e. The summed E-state index contributed by atoms with van der Waals surface area (Å²) >= 11 is 0. The van der Waals surface area contributed by atoms with E-state index in [2.05, 4.69) is 5.32 Å². The second-order valence-corrected chi connectivity index (χ2v) is 6.98. The van der Waals surface area contributed by atoms with Gasteiger partial charge in [-0.3, -0.25) is 9.59 Å². The fourth-order valence-electron chi connectivity index (χ4n) is 3.18. The molecule has 0 bridgehead atoms. The molecule has 0 spiro atoms. The number of carbonyl (C=O) groups is 2. The fraction of sp³-hybridized carbons (Fsp3) is 0.333. The molecular formula is C21H23FN2O2. The van der Waals surface area contributed by atoms with Gasteiger partial charge in [-0.05, 0) is 54.8 Å². The molecule has 3 rings (SSSR count). The van der Waals surface area contributed by atoms with Crippen LogP contribution in [0.2, 0.25) is 0 Å². The number of rotatable bonds is 5. The minimum Gasteiger partial charge on any atom is -0.352 e. The van der Waals surface area contributed by atoms with Crippen molar-refractivity contribution in [3.63, 3.8) is 0 Å². The maximum atomic E-state index is 13.0. The van der Waals surface area contributed by atoms with Gasteiger partial charge in [-0.2, -0.15) is 0 Å². The number of carbonyl (C=O) groups excluding carboxylic acids is 2. The molecule has 136 valence electrons. The van der Waals surface area contributed by atoms with Crippen molar-refractivity contribution in [1.82, 2.24) is 10.2 Å². The first-order valence-electron chi connectivity index (χ1n) is 8.80. The summed E-state index contributed by atoms with van der Waals surface area (Å²) in [6, 6.07) is 11.8. The van der Waals surface area contributed by atoms with Crippen LogP contribution in [0, 0.1) is 25.6 Å². The summed E-state index contributed by atoms with van der Waals surface area (Å²) in [4.78, 5) is 26.3. The van der Waals surface area contributed by atoms with E-state index in [0.717, 1.165) is 16.7 Å². The van der Waals surface area contributed by atoms with Gasteiger partial charge in [-0.25, -0.2) is 4.39 Å². The molecule has 0 radical (unpaired) electrons. The molecule has 0 saturated carbocycles. The van der Waals surface area contributed by atoms with E-state index in [1.54, 1.807) is 17.0 Å². The Morgan fingerprint density at radius 2 is 1.88 bits per heavy atom. The summed E-state index contributed by atoms with van der Waals surface area (Å²) in [5.41, 5.74) is 3.78. The van der Waals surface area contributed by atoms with Crippen LogP contribution in [0.5, 0.6) is 0 Å². The summed E-state index contributed by atoms with van der Waals surface area (Å²) < 4.78 is 13.0. The molecule has 1 heterocycles. The smallest absolute Gasteiger partial charge is 0.251 e. The van der Waals surface area contributed by atoms with Crippen molar-refractivity contribution >= 4 is 11.8 Å². The Morgan fingerprint density at radius 1 is 1.15 bits per heavy atom. The van der Waals surface area contributed by atoms with Crippen LogP contribution in [0.15, 0.2) is 42.5 Å². The third kappa shape index (κ3) is 4.28. The quantitative estimate of drug-likeness (QED) is 0.896. The van der Waals surface area contributed by atoms with Crippen molar-refractivity contribution in [2.45, 2.75) is 26.8 Å². The Hall–Kier alpha value is -2.69. The van der Waals surface area contributed by atoms with Gasteiger partial charge < -0.3 is 10.2 Å². The third-order valence-electron chi connectivity index (χ3n) is 4.90. The summed E-state index contributed by atoms with van der Waals surface area (Å²) in [5.74, 6) is -0.232. The van der Waals surface area contributed by atoms with E-state index >= 15 is 0 Å². The van der Waals surface area contributed by atoms with Crippen LogP contribution in [-0.2, 0) is 11.3 Å². The zero-order valence-electron chi connectivity index (χ0n) is 15.1. The Balaban J connectivity index is 1.53. The van der Waals surface area contributed by atoms with Crippen LogP contribution in [0.3, 0.4) is 0 Å². The number of halogens is 1. The Labute approximate surface area is 153 Å². The molecule has 1 fully saturated rings. The van der Waals surface area contributed by atoms with Crippen molar-refractivity contribution in [2.75, 3.05) is 13.1 Å². The lowest BCUT2D eigenvalue weighted by Crippen LogP contribution is -2.31. The predicted molar refractivity (Wildman–Crippen MR) is 98.2 cm³/mol. The van der Waals surface area contributed by atoms with Crippen LogP contribution < -0.4 is 5.32 Å². The van der Waals surface area contributed by atoms with Gasteiger partial charge in [0.2, 0.25) is 5.91 Å². The minimum absolute atomic E-state index is 0.0692. The normalized spacial score (nSPS) is 16.8. The number of benzene rings is 2. The highest BCUT2D eigenvalue weighted by molar-refractivity contribution is 5.94. The summed E-state index contributed by atoms with van der Waals surface area (Å²) in [6.07, 6.45) is 0.425. The molecule has 4 nitrogen and oxygen atoms in total. The maximum Gasteiger partial charge on any atom is 0.251 e. The standard InChI is InChI=1S/C21H23FN2O2/c1-14-3-6-18(9-15(14)2)21(26)23-11-17-10-20(25)24(13-17)12-16-4-7-19(22)8-5-16/h3-9,17H,10-13H2,1-2H3,(H,23,26)/t17-/m0/s1. The van der Waals surface area contributed by atoms with Crippen LogP contribution in [0.1, 0.15) is 33.5 Å². The van der Waals surface area contributed by atoms with E-state index in [0.29, 0.717) is 31.6 Å². The third-order valence-corrected chi connectivity index (χ3v) is 4.90. The van der Waals surface area contributed by atoms with Gasteiger partial charge in [0.05, 0.1) is 0 Å². The first kappa shape index (κ1) is 18.1. The fourth-order valence-corrected chi connectivity index (χ4v) is 3.18. The van der Waals surface area contributed by atoms with Gasteiger partial charge in [-0.15, -0.1) is 0 Å². The molecule has 1 aliphatic rings. The second kappa shape index (κ2) is 7.68. The van der Waals surface area contributed by atoms with Gasteiger partial charge in [0.25, 0.3) is 5.91 Å². The van der Waals surface area contributed by atoms with Gasteiger partial charge in [-0.1, -0.05) is 18.2 Å². The topological polar surface area (TPSA) is 49.4 Å². The first-order chi connectivity index (χ1) is 12.4. The SMILES string of the molecule is Cc1ccc(C(=O)NC[C@@H]2CC(=O)N(Cc3ccc(F)cc3)C2)cc1C. The molecule has 2 aromatic rings. The van der Waals surface area contributed by atoms with Crippen LogP contribution in [0.25, 0.3) is 0 Å². The molecule has 0 aliphatic carbocycles. The summed E-state index contributed by atoms with van der Waals surface area (Å²) in [5, 5.41) is 2.93. The maximum absolute atomic E-state index is 13.0. The lowest BCUT2D eigenvalue weighted by Gasteiger charge is -2.17. The van der Waals surface area contributed by atoms with Gasteiger partial charge >= 0.3 is 0 Å².